The Kier molecular flexibility index (Phi) is 2.92. The number of aliphatic carboxylic acids is 1. The Hall–Kier alpha value is -0.570. The van der Waals surface area contributed by atoms with Crippen LogP contribution >= 0.6 is 0 Å². The van der Waals surface area contributed by atoms with Crippen LogP contribution in [0.4, 0.5) is 0 Å². The SMILES string of the molecule is CC(C)(CC(=O)O)NC1C2CC3CC(C2)CC1C3. The van der Waals surface area contributed by atoms with E-state index in [9.17, 15) is 4.79 Å². The van der Waals surface area contributed by atoms with Crippen molar-refractivity contribution in [2.45, 2.75) is 64.0 Å². The fraction of sp³-hybridized carbons (Fsp3) is 0.933. The van der Waals surface area contributed by atoms with Crippen LogP contribution in [-0.4, -0.2) is 22.7 Å². The van der Waals surface area contributed by atoms with Gasteiger partial charge in [-0.1, -0.05) is 0 Å². The maximum absolute atomic E-state index is 10.9. The van der Waals surface area contributed by atoms with Crippen LogP contribution in [0.2, 0.25) is 0 Å². The quantitative estimate of drug-likeness (QED) is 0.807. The summed E-state index contributed by atoms with van der Waals surface area (Å²) in [6, 6.07) is 0.576. The normalized spacial score (nSPS) is 42.2. The number of hydrogen-bond donors (Lipinski definition) is 2. The van der Waals surface area contributed by atoms with Crippen LogP contribution in [0, 0.1) is 23.7 Å². The first-order valence-corrected chi connectivity index (χ1v) is 7.42. The van der Waals surface area contributed by atoms with Crippen molar-refractivity contribution >= 4 is 5.97 Å². The molecule has 3 heteroatoms. The lowest BCUT2D eigenvalue weighted by Gasteiger charge is -2.56. The Balaban J connectivity index is 1.68. The molecule has 0 unspecified atom stereocenters. The first-order valence-electron chi connectivity index (χ1n) is 7.42. The minimum absolute atomic E-state index is 0.218. The summed E-state index contributed by atoms with van der Waals surface area (Å²) in [6.07, 6.45) is 7.22. The molecule has 0 aromatic heterocycles. The van der Waals surface area contributed by atoms with Gasteiger partial charge in [-0.05, 0) is 69.6 Å². The van der Waals surface area contributed by atoms with Gasteiger partial charge in [0.2, 0.25) is 0 Å². The average Bonchev–Trinajstić information content (AvgIpc) is 2.20. The third-order valence-corrected chi connectivity index (χ3v) is 5.38. The van der Waals surface area contributed by atoms with E-state index in [4.69, 9.17) is 5.11 Å². The molecule has 0 aromatic rings. The minimum Gasteiger partial charge on any atom is -0.481 e. The zero-order valence-electron chi connectivity index (χ0n) is 11.5. The molecule has 0 atom stereocenters. The molecule has 0 spiro atoms. The molecule has 3 nitrogen and oxygen atoms in total. The number of hydrogen-bond acceptors (Lipinski definition) is 2. The van der Waals surface area contributed by atoms with E-state index >= 15 is 0 Å². The maximum Gasteiger partial charge on any atom is 0.305 e. The molecule has 0 aliphatic heterocycles. The first-order chi connectivity index (χ1) is 8.43. The molecule has 4 fully saturated rings. The lowest BCUT2D eigenvalue weighted by Crippen LogP contribution is -2.59. The number of carboxylic acid groups (broad SMARTS) is 1. The highest BCUT2D eigenvalue weighted by molar-refractivity contribution is 5.68. The highest BCUT2D eigenvalue weighted by Gasteiger charge is 2.49. The number of carbonyl (C=O) groups is 1. The Morgan fingerprint density at radius 3 is 2.06 bits per heavy atom. The largest absolute Gasteiger partial charge is 0.481 e. The first kappa shape index (κ1) is 12.5. The van der Waals surface area contributed by atoms with E-state index < -0.39 is 5.97 Å². The molecule has 0 aromatic carbocycles. The van der Waals surface area contributed by atoms with Gasteiger partial charge in [0.15, 0.2) is 0 Å². The fourth-order valence-corrected chi connectivity index (χ4v) is 5.04. The van der Waals surface area contributed by atoms with E-state index in [1.54, 1.807) is 0 Å². The third-order valence-electron chi connectivity index (χ3n) is 5.38. The second-order valence-corrected chi connectivity index (χ2v) is 7.56. The standard InChI is InChI=1S/C15H25NO2/c1-15(2,8-13(17)18)16-14-11-4-9-3-10(6-11)7-12(14)5-9/h9-12,14,16H,3-8H2,1-2H3,(H,17,18). The van der Waals surface area contributed by atoms with Crippen molar-refractivity contribution in [1.82, 2.24) is 5.32 Å². The molecule has 4 aliphatic rings. The molecule has 2 N–H and O–H groups in total. The average molecular weight is 251 g/mol. The molecule has 0 radical (unpaired) electrons. The summed E-state index contributed by atoms with van der Waals surface area (Å²) in [5.41, 5.74) is -0.272. The molecule has 0 amide bonds. The zero-order chi connectivity index (χ0) is 12.9. The molecule has 4 rings (SSSR count). The van der Waals surface area contributed by atoms with Gasteiger partial charge >= 0.3 is 5.97 Å². The molecular weight excluding hydrogens is 226 g/mol. The van der Waals surface area contributed by atoms with Crippen molar-refractivity contribution in [3.63, 3.8) is 0 Å². The van der Waals surface area contributed by atoms with Gasteiger partial charge in [-0.15, -0.1) is 0 Å². The van der Waals surface area contributed by atoms with Crippen LogP contribution in [0.1, 0.15) is 52.4 Å². The van der Waals surface area contributed by atoms with Crippen molar-refractivity contribution < 1.29 is 9.90 Å². The highest BCUT2D eigenvalue weighted by Crippen LogP contribution is 2.54. The Morgan fingerprint density at radius 1 is 1.11 bits per heavy atom. The van der Waals surface area contributed by atoms with Gasteiger partial charge in [-0.2, -0.15) is 0 Å². The molecule has 18 heavy (non-hydrogen) atoms. The summed E-state index contributed by atoms with van der Waals surface area (Å²) in [4.78, 5) is 10.9. The maximum atomic E-state index is 10.9. The third kappa shape index (κ3) is 2.29. The van der Waals surface area contributed by atoms with Gasteiger partial charge in [-0.3, -0.25) is 4.79 Å². The second kappa shape index (κ2) is 4.22. The molecule has 0 heterocycles. The van der Waals surface area contributed by atoms with Crippen LogP contribution in [0.3, 0.4) is 0 Å². The topological polar surface area (TPSA) is 49.3 Å². The van der Waals surface area contributed by atoms with Crippen molar-refractivity contribution in [2.75, 3.05) is 0 Å². The molecule has 4 bridgehead atoms. The summed E-state index contributed by atoms with van der Waals surface area (Å²) in [5.74, 6) is 2.89. The summed E-state index contributed by atoms with van der Waals surface area (Å²) < 4.78 is 0. The monoisotopic (exact) mass is 251 g/mol. The molecule has 0 saturated heterocycles. The highest BCUT2D eigenvalue weighted by atomic mass is 16.4. The van der Waals surface area contributed by atoms with Crippen LogP contribution < -0.4 is 5.32 Å². The van der Waals surface area contributed by atoms with Crippen molar-refractivity contribution in [3.05, 3.63) is 0 Å². The smallest absolute Gasteiger partial charge is 0.305 e. The van der Waals surface area contributed by atoms with Gasteiger partial charge < -0.3 is 10.4 Å². The number of rotatable bonds is 4. The second-order valence-electron chi connectivity index (χ2n) is 7.56. The Bertz CT molecular complexity index is 322. The summed E-state index contributed by atoms with van der Waals surface area (Å²) in [7, 11) is 0. The van der Waals surface area contributed by atoms with Gasteiger partial charge in [0.05, 0.1) is 6.42 Å². The Labute approximate surface area is 109 Å². The zero-order valence-corrected chi connectivity index (χ0v) is 11.5. The van der Waals surface area contributed by atoms with Crippen LogP contribution in [0.25, 0.3) is 0 Å². The van der Waals surface area contributed by atoms with Gasteiger partial charge in [-0.25, -0.2) is 0 Å². The van der Waals surface area contributed by atoms with E-state index in [0.717, 1.165) is 23.7 Å². The predicted molar refractivity (Wildman–Crippen MR) is 70.3 cm³/mol. The van der Waals surface area contributed by atoms with Crippen molar-refractivity contribution in [3.8, 4) is 0 Å². The van der Waals surface area contributed by atoms with Crippen LogP contribution in [0.5, 0.6) is 0 Å². The number of nitrogens with one attached hydrogen (secondary N) is 1. The lowest BCUT2D eigenvalue weighted by atomic mass is 9.54. The predicted octanol–water partition coefficient (Wildman–Crippen LogP) is 2.65. The van der Waals surface area contributed by atoms with E-state index in [2.05, 4.69) is 5.32 Å². The molecule has 4 saturated carbocycles. The van der Waals surface area contributed by atoms with E-state index in [1.807, 2.05) is 13.8 Å². The molecular formula is C15H25NO2. The Morgan fingerprint density at radius 2 is 1.61 bits per heavy atom. The van der Waals surface area contributed by atoms with E-state index in [0.29, 0.717) is 6.04 Å². The summed E-state index contributed by atoms with van der Waals surface area (Å²) in [5, 5.41) is 12.7. The number of carboxylic acids is 1. The lowest BCUT2D eigenvalue weighted by molar-refractivity contribution is -0.138. The molecule has 4 aliphatic carbocycles. The van der Waals surface area contributed by atoms with Gasteiger partial charge in [0.1, 0.15) is 0 Å². The summed E-state index contributed by atoms with van der Waals surface area (Å²) >= 11 is 0. The van der Waals surface area contributed by atoms with Crippen LogP contribution in [0.15, 0.2) is 0 Å². The molecule has 102 valence electrons. The summed E-state index contributed by atoms with van der Waals surface area (Å²) in [6.45, 7) is 4.07. The minimum atomic E-state index is -0.698. The van der Waals surface area contributed by atoms with Crippen LogP contribution in [-0.2, 0) is 4.79 Å². The van der Waals surface area contributed by atoms with Crippen molar-refractivity contribution in [2.24, 2.45) is 23.7 Å². The van der Waals surface area contributed by atoms with Gasteiger partial charge in [0.25, 0.3) is 0 Å². The van der Waals surface area contributed by atoms with Crippen molar-refractivity contribution in [1.29, 1.82) is 0 Å². The fourth-order valence-electron chi connectivity index (χ4n) is 5.04. The van der Waals surface area contributed by atoms with E-state index in [1.165, 1.54) is 32.1 Å². The van der Waals surface area contributed by atoms with E-state index in [-0.39, 0.29) is 12.0 Å². The van der Waals surface area contributed by atoms with Gasteiger partial charge in [0, 0.05) is 11.6 Å².